The van der Waals surface area contributed by atoms with Gasteiger partial charge in [0.25, 0.3) is 0 Å². The van der Waals surface area contributed by atoms with Crippen molar-refractivity contribution in [1.29, 1.82) is 0 Å². The van der Waals surface area contributed by atoms with Gasteiger partial charge in [0.05, 0.1) is 12.6 Å². The predicted octanol–water partition coefficient (Wildman–Crippen LogP) is 7.05. The van der Waals surface area contributed by atoms with E-state index in [4.69, 9.17) is 16.3 Å². The highest BCUT2D eigenvalue weighted by Crippen LogP contribution is 2.32. The lowest BCUT2D eigenvalue weighted by Gasteiger charge is -2.39. The van der Waals surface area contributed by atoms with Crippen LogP contribution in [0.4, 0.5) is 0 Å². The minimum atomic E-state index is -0.687. The number of unbranched alkanes of at least 4 members (excludes halogenated alkanes) is 1. The third-order valence-corrected chi connectivity index (χ3v) is 8.26. The molecule has 1 aromatic heterocycles. The molecule has 6 heteroatoms. The Balaban J connectivity index is 1.28. The first-order valence-electron chi connectivity index (χ1n) is 13.6. The zero-order valence-corrected chi connectivity index (χ0v) is 22.6. The molecule has 0 bridgehead atoms. The number of pyridine rings is 1. The van der Waals surface area contributed by atoms with Crippen molar-refractivity contribution in [1.82, 2.24) is 9.88 Å². The summed E-state index contributed by atoms with van der Waals surface area (Å²) in [5.74, 6) is 1.20. The number of carboxylic acid groups (broad SMARTS) is 1. The van der Waals surface area contributed by atoms with Gasteiger partial charge in [-0.25, -0.2) is 0 Å². The third-order valence-electron chi connectivity index (χ3n) is 7.89. The second kappa shape index (κ2) is 13.8. The van der Waals surface area contributed by atoms with Crippen LogP contribution in [0.2, 0.25) is 5.02 Å². The average Bonchev–Trinajstić information content (AvgIpc) is 2.91. The van der Waals surface area contributed by atoms with Crippen LogP contribution in [0.25, 0.3) is 10.9 Å². The third kappa shape index (κ3) is 7.93. The number of aryl methyl sites for hydroxylation is 2. The van der Waals surface area contributed by atoms with Crippen LogP contribution in [0.3, 0.4) is 0 Å². The lowest BCUT2D eigenvalue weighted by atomic mass is 9.79. The fraction of sp³-hybridized carbons (Fsp3) is 0.484. The molecule has 2 unspecified atom stereocenters. The minimum absolute atomic E-state index is 0.260. The standard InChI is InChI=1S/C31H39ClN2O3/c1-37-27-13-14-30-28(21-27)24(16-18-33-30)10-6-9-23-17-20-34(22-26(23)12-15-31(35)36)19-5-4-8-25-7-2-3-11-29(25)32/h2-3,7,11,13-14,16,18,21,23,26H,4-6,8-10,12,15,17,19-20,22H2,1H3,(H,35,36). The molecular weight excluding hydrogens is 484 g/mol. The highest BCUT2D eigenvalue weighted by Gasteiger charge is 2.29. The maximum atomic E-state index is 11.3. The molecular formula is C31H39ClN2O3. The van der Waals surface area contributed by atoms with E-state index >= 15 is 0 Å². The topological polar surface area (TPSA) is 62.7 Å². The zero-order valence-electron chi connectivity index (χ0n) is 21.9. The first-order valence-corrected chi connectivity index (χ1v) is 14.0. The molecule has 1 saturated heterocycles. The number of aliphatic carboxylic acids is 1. The summed E-state index contributed by atoms with van der Waals surface area (Å²) < 4.78 is 5.42. The van der Waals surface area contributed by atoms with E-state index < -0.39 is 5.97 Å². The van der Waals surface area contributed by atoms with E-state index in [1.807, 2.05) is 36.5 Å². The van der Waals surface area contributed by atoms with E-state index in [-0.39, 0.29) is 6.42 Å². The average molecular weight is 523 g/mol. The monoisotopic (exact) mass is 522 g/mol. The van der Waals surface area contributed by atoms with Crippen LogP contribution < -0.4 is 4.74 Å². The molecule has 1 N–H and O–H groups in total. The number of methoxy groups -OCH3 is 1. The van der Waals surface area contributed by atoms with Crippen molar-refractivity contribution >= 4 is 28.5 Å². The van der Waals surface area contributed by atoms with E-state index in [1.165, 1.54) is 11.1 Å². The smallest absolute Gasteiger partial charge is 0.303 e. The SMILES string of the molecule is COc1ccc2nccc(CCCC3CCN(CCCCc4ccccc4Cl)CC3CCC(=O)O)c2c1. The Morgan fingerprint density at radius 1 is 1.05 bits per heavy atom. The molecule has 0 aliphatic carbocycles. The number of nitrogens with zero attached hydrogens (tertiary/aromatic N) is 2. The molecule has 1 fully saturated rings. The van der Waals surface area contributed by atoms with Gasteiger partial charge in [0.1, 0.15) is 5.75 Å². The number of aromatic nitrogens is 1. The number of fused-ring (bicyclic) bond motifs is 1. The first-order chi connectivity index (χ1) is 18.0. The normalized spacial score (nSPS) is 18.2. The highest BCUT2D eigenvalue weighted by atomic mass is 35.5. The molecule has 1 aliphatic heterocycles. The maximum Gasteiger partial charge on any atom is 0.303 e. The van der Waals surface area contributed by atoms with Crippen LogP contribution in [-0.2, 0) is 17.6 Å². The van der Waals surface area contributed by atoms with Gasteiger partial charge in [-0.15, -0.1) is 0 Å². The van der Waals surface area contributed by atoms with Crippen LogP contribution in [0.5, 0.6) is 5.75 Å². The van der Waals surface area contributed by atoms with Crippen molar-refractivity contribution < 1.29 is 14.6 Å². The highest BCUT2D eigenvalue weighted by molar-refractivity contribution is 6.31. The number of piperidine rings is 1. The van der Waals surface area contributed by atoms with Crippen molar-refractivity contribution in [3.63, 3.8) is 0 Å². The minimum Gasteiger partial charge on any atom is -0.497 e. The van der Waals surface area contributed by atoms with Gasteiger partial charge in [-0.05, 0) is 118 Å². The quantitative estimate of drug-likeness (QED) is 0.244. The Kier molecular flexibility index (Phi) is 10.2. The molecule has 1 aliphatic rings. The Morgan fingerprint density at radius 3 is 2.70 bits per heavy atom. The second-order valence-corrected chi connectivity index (χ2v) is 10.7. The van der Waals surface area contributed by atoms with Gasteiger partial charge in [-0.1, -0.05) is 29.8 Å². The van der Waals surface area contributed by atoms with Crippen LogP contribution in [-0.4, -0.2) is 47.7 Å². The fourth-order valence-corrected chi connectivity index (χ4v) is 6.04. The lowest BCUT2D eigenvalue weighted by Crippen LogP contribution is -2.41. The van der Waals surface area contributed by atoms with E-state index in [0.717, 1.165) is 92.7 Å². The van der Waals surface area contributed by atoms with Crippen molar-refractivity contribution in [2.75, 3.05) is 26.7 Å². The molecule has 198 valence electrons. The van der Waals surface area contributed by atoms with Gasteiger partial charge in [0.15, 0.2) is 0 Å². The van der Waals surface area contributed by atoms with Crippen molar-refractivity contribution in [2.24, 2.45) is 11.8 Å². The Hall–Kier alpha value is -2.63. The van der Waals surface area contributed by atoms with Gasteiger partial charge < -0.3 is 14.7 Å². The molecule has 0 saturated carbocycles. The number of carboxylic acids is 1. The molecule has 37 heavy (non-hydrogen) atoms. The molecule has 5 nitrogen and oxygen atoms in total. The molecule has 4 rings (SSSR count). The number of hydrogen-bond donors (Lipinski definition) is 1. The lowest BCUT2D eigenvalue weighted by molar-refractivity contribution is -0.137. The summed E-state index contributed by atoms with van der Waals surface area (Å²) in [4.78, 5) is 18.4. The van der Waals surface area contributed by atoms with Crippen LogP contribution in [0.15, 0.2) is 54.7 Å². The summed E-state index contributed by atoms with van der Waals surface area (Å²) in [5.41, 5.74) is 3.53. The largest absolute Gasteiger partial charge is 0.497 e. The summed E-state index contributed by atoms with van der Waals surface area (Å²) in [6.07, 6.45) is 10.6. The summed E-state index contributed by atoms with van der Waals surface area (Å²) in [6, 6.07) is 16.3. The molecule has 0 amide bonds. The molecule has 2 aromatic carbocycles. The van der Waals surface area contributed by atoms with Crippen molar-refractivity contribution in [2.45, 2.75) is 57.8 Å². The number of hydrogen-bond acceptors (Lipinski definition) is 4. The van der Waals surface area contributed by atoms with Crippen molar-refractivity contribution in [3.8, 4) is 5.75 Å². The molecule has 3 aromatic rings. The van der Waals surface area contributed by atoms with E-state index in [9.17, 15) is 9.90 Å². The van der Waals surface area contributed by atoms with Crippen LogP contribution in [0, 0.1) is 11.8 Å². The van der Waals surface area contributed by atoms with Gasteiger partial charge in [-0.3, -0.25) is 9.78 Å². The number of likely N-dealkylation sites (tertiary alicyclic amines) is 1. The summed E-state index contributed by atoms with van der Waals surface area (Å²) >= 11 is 6.30. The number of carbonyl (C=O) groups is 1. The molecule has 0 radical (unpaired) electrons. The molecule has 2 atom stereocenters. The maximum absolute atomic E-state index is 11.3. The van der Waals surface area contributed by atoms with Gasteiger partial charge in [-0.2, -0.15) is 0 Å². The number of rotatable bonds is 13. The van der Waals surface area contributed by atoms with Gasteiger partial charge in [0.2, 0.25) is 0 Å². The summed E-state index contributed by atoms with van der Waals surface area (Å²) in [5, 5.41) is 11.3. The Labute approximate surface area is 225 Å². The first kappa shape index (κ1) is 27.4. The molecule has 0 spiro atoms. The summed E-state index contributed by atoms with van der Waals surface area (Å²) in [6.45, 7) is 3.20. The number of benzene rings is 2. The van der Waals surface area contributed by atoms with E-state index in [2.05, 4.69) is 28.1 Å². The summed E-state index contributed by atoms with van der Waals surface area (Å²) in [7, 11) is 1.69. The Bertz CT molecular complexity index is 1170. The second-order valence-electron chi connectivity index (χ2n) is 10.3. The molecule has 2 heterocycles. The van der Waals surface area contributed by atoms with Gasteiger partial charge >= 0.3 is 5.97 Å². The van der Waals surface area contributed by atoms with Crippen LogP contribution >= 0.6 is 11.6 Å². The van der Waals surface area contributed by atoms with Crippen LogP contribution in [0.1, 0.15) is 56.1 Å². The van der Waals surface area contributed by atoms with E-state index in [1.54, 1.807) is 7.11 Å². The van der Waals surface area contributed by atoms with Gasteiger partial charge in [0, 0.05) is 29.6 Å². The number of halogens is 1. The fourth-order valence-electron chi connectivity index (χ4n) is 5.81. The Morgan fingerprint density at radius 2 is 1.89 bits per heavy atom. The number of ether oxygens (including phenoxy) is 1. The zero-order chi connectivity index (χ0) is 26.0. The van der Waals surface area contributed by atoms with E-state index in [0.29, 0.717) is 11.8 Å². The predicted molar refractivity (Wildman–Crippen MR) is 151 cm³/mol. The van der Waals surface area contributed by atoms with Crippen molar-refractivity contribution in [3.05, 3.63) is 70.9 Å².